The molecule has 0 saturated heterocycles. The van der Waals surface area contributed by atoms with Crippen molar-refractivity contribution in [3.63, 3.8) is 0 Å². The number of rotatable bonds is 5. The Morgan fingerprint density at radius 1 is 1.00 bits per heavy atom. The summed E-state index contributed by atoms with van der Waals surface area (Å²) >= 11 is 11.8. The summed E-state index contributed by atoms with van der Waals surface area (Å²) in [5.41, 5.74) is 3.17. The van der Waals surface area contributed by atoms with Crippen LogP contribution in [0.25, 0.3) is 0 Å². The lowest BCUT2D eigenvalue weighted by Crippen LogP contribution is -2.23. The minimum absolute atomic E-state index is 0.245. The third-order valence-electron chi connectivity index (χ3n) is 3.73. The number of carbonyl (C=O) groups excluding carboxylic acids is 1. The van der Waals surface area contributed by atoms with E-state index in [1.165, 1.54) is 12.4 Å². The molecule has 0 fully saturated rings. The summed E-state index contributed by atoms with van der Waals surface area (Å²) in [6.07, 6.45) is 2.96. The van der Waals surface area contributed by atoms with E-state index in [4.69, 9.17) is 23.2 Å². The Morgan fingerprint density at radius 2 is 1.65 bits per heavy atom. The van der Waals surface area contributed by atoms with Crippen LogP contribution in [0.1, 0.15) is 21.5 Å². The molecular weight excluding hydrogens is 371 g/mol. The highest BCUT2D eigenvalue weighted by Gasteiger charge is 2.08. The van der Waals surface area contributed by atoms with Crippen LogP contribution in [-0.4, -0.2) is 15.9 Å². The van der Waals surface area contributed by atoms with Crippen LogP contribution in [-0.2, 0) is 6.54 Å². The molecule has 0 spiro atoms. The quantitative estimate of drug-likeness (QED) is 0.662. The van der Waals surface area contributed by atoms with E-state index >= 15 is 0 Å². The van der Waals surface area contributed by atoms with Crippen molar-refractivity contribution in [1.29, 1.82) is 0 Å². The number of benzene rings is 2. The fourth-order valence-corrected chi connectivity index (χ4v) is 2.54. The van der Waals surface area contributed by atoms with Gasteiger partial charge in [-0.05, 0) is 42.3 Å². The van der Waals surface area contributed by atoms with E-state index in [0.29, 0.717) is 28.1 Å². The van der Waals surface area contributed by atoms with Crippen molar-refractivity contribution >= 4 is 40.7 Å². The van der Waals surface area contributed by atoms with Crippen LogP contribution in [0, 0.1) is 6.92 Å². The van der Waals surface area contributed by atoms with Crippen molar-refractivity contribution in [2.45, 2.75) is 13.5 Å². The lowest BCUT2D eigenvalue weighted by molar-refractivity contribution is 0.0950. The Kier molecular flexibility index (Phi) is 5.71. The van der Waals surface area contributed by atoms with Gasteiger partial charge in [0.1, 0.15) is 0 Å². The molecule has 0 aliphatic heterocycles. The second-order valence-corrected chi connectivity index (χ2v) is 6.56. The first kappa shape index (κ1) is 18.2. The van der Waals surface area contributed by atoms with E-state index in [0.717, 1.165) is 16.8 Å². The van der Waals surface area contributed by atoms with Gasteiger partial charge in [0.25, 0.3) is 5.91 Å². The molecule has 3 rings (SSSR count). The zero-order valence-corrected chi connectivity index (χ0v) is 15.5. The highest BCUT2D eigenvalue weighted by Crippen LogP contribution is 2.22. The Morgan fingerprint density at radius 3 is 2.35 bits per heavy atom. The molecule has 0 aliphatic carbocycles. The lowest BCUT2D eigenvalue weighted by Gasteiger charge is -2.09. The molecule has 5 nitrogen and oxygen atoms in total. The summed E-state index contributed by atoms with van der Waals surface area (Å²) in [5, 5.41) is 7.19. The maximum Gasteiger partial charge on any atom is 0.254 e. The average molecular weight is 387 g/mol. The molecule has 0 saturated carbocycles. The normalized spacial score (nSPS) is 10.4. The number of aryl methyl sites for hydroxylation is 1. The van der Waals surface area contributed by atoms with Crippen LogP contribution in [0.3, 0.4) is 0 Å². The number of nitrogens with one attached hydrogen (secondary N) is 2. The fourth-order valence-electron chi connectivity index (χ4n) is 2.25. The maximum absolute atomic E-state index is 12.2. The Hall–Kier alpha value is -2.63. The van der Waals surface area contributed by atoms with Gasteiger partial charge in [-0.25, -0.2) is 9.97 Å². The van der Waals surface area contributed by atoms with Crippen LogP contribution >= 0.6 is 23.2 Å². The third kappa shape index (κ3) is 4.71. The van der Waals surface area contributed by atoms with Gasteiger partial charge in [-0.3, -0.25) is 4.79 Å². The number of amides is 1. The molecule has 0 aliphatic rings. The number of carbonyl (C=O) groups is 1. The average Bonchev–Trinajstić information content (AvgIpc) is 2.64. The Bertz CT molecular complexity index is 912. The highest BCUT2D eigenvalue weighted by atomic mass is 35.5. The van der Waals surface area contributed by atoms with Crippen LogP contribution < -0.4 is 10.6 Å². The summed E-state index contributed by atoms with van der Waals surface area (Å²) in [6, 6.07) is 12.8. The molecule has 1 heterocycles. The Balaban J connectivity index is 1.62. The number of aromatic nitrogens is 2. The van der Waals surface area contributed by atoms with Gasteiger partial charge in [-0.1, -0.05) is 41.4 Å². The van der Waals surface area contributed by atoms with Crippen molar-refractivity contribution in [1.82, 2.24) is 15.3 Å². The van der Waals surface area contributed by atoms with Crippen LogP contribution in [0.2, 0.25) is 10.0 Å². The first-order valence-electron chi connectivity index (χ1n) is 7.89. The zero-order valence-electron chi connectivity index (χ0n) is 14.0. The second-order valence-electron chi connectivity index (χ2n) is 5.69. The molecule has 0 atom stereocenters. The van der Waals surface area contributed by atoms with Crippen molar-refractivity contribution in [2.24, 2.45) is 0 Å². The van der Waals surface area contributed by atoms with E-state index in [-0.39, 0.29) is 5.91 Å². The van der Waals surface area contributed by atoms with Crippen molar-refractivity contribution < 1.29 is 4.79 Å². The molecular formula is C19H16Cl2N4O. The van der Waals surface area contributed by atoms with E-state index in [2.05, 4.69) is 20.6 Å². The SMILES string of the molecule is Cc1ccc(Cl)cc1Nc1ncc(C(=O)NCc2ccc(Cl)cc2)cn1. The number of hydrogen-bond acceptors (Lipinski definition) is 4. The summed E-state index contributed by atoms with van der Waals surface area (Å²) < 4.78 is 0. The number of hydrogen-bond donors (Lipinski definition) is 2. The smallest absolute Gasteiger partial charge is 0.254 e. The number of halogens is 2. The van der Waals surface area contributed by atoms with Gasteiger partial charge in [-0.15, -0.1) is 0 Å². The largest absolute Gasteiger partial charge is 0.348 e. The van der Waals surface area contributed by atoms with E-state index in [9.17, 15) is 4.79 Å². The number of nitrogens with zero attached hydrogens (tertiary/aromatic N) is 2. The molecule has 132 valence electrons. The second kappa shape index (κ2) is 8.17. The van der Waals surface area contributed by atoms with Gasteiger partial charge in [0, 0.05) is 34.7 Å². The fraction of sp³-hybridized carbons (Fsp3) is 0.105. The summed E-state index contributed by atoms with van der Waals surface area (Å²) in [6.45, 7) is 2.36. The molecule has 26 heavy (non-hydrogen) atoms. The van der Waals surface area contributed by atoms with Gasteiger partial charge in [0.2, 0.25) is 5.95 Å². The van der Waals surface area contributed by atoms with Gasteiger partial charge in [-0.2, -0.15) is 0 Å². The van der Waals surface area contributed by atoms with Crippen molar-refractivity contribution in [2.75, 3.05) is 5.32 Å². The molecule has 7 heteroatoms. The minimum Gasteiger partial charge on any atom is -0.348 e. The number of anilines is 2. The van der Waals surface area contributed by atoms with Gasteiger partial charge in [0.05, 0.1) is 5.56 Å². The summed E-state index contributed by atoms with van der Waals surface area (Å²) in [5.74, 6) is 0.148. The van der Waals surface area contributed by atoms with E-state index in [1.807, 2.05) is 31.2 Å². The molecule has 1 aromatic heterocycles. The zero-order chi connectivity index (χ0) is 18.5. The maximum atomic E-state index is 12.2. The molecule has 3 aromatic rings. The van der Waals surface area contributed by atoms with Gasteiger partial charge < -0.3 is 10.6 Å². The van der Waals surface area contributed by atoms with Crippen LogP contribution in [0.15, 0.2) is 54.9 Å². The molecule has 0 bridgehead atoms. The molecule has 0 radical (unpaired) electrons. The Labute approximate surface area is 161 Å². The molecule has 2 N–H and O–H groups in total. The summed E-state index contributed by atoms with van der Waals surface area (Å²) in [4.78, 5) is 20.6. The predicted octanol–water partition coefficient (Wildman–Crippen LogP) is 4.77. The highest BCUT2D eigenvalue weighted by molar-refractivity contribution is 6.31. The molecule has 0 unspecified atom stereocenters. The monoisotopic (exact) mass is 386 g/mol. The predicted molar refractivity (Wildman–Crippen MR) is 104 cm³/mol. The lowest BCUT2D eigenvalue weighted by atomic mass is 10.2. The topological polar surface area (TPSA) is 66.9 Å². The first-order chi connectivity index (χ1) is 12.5. The summed E-state index contributed by atoms with van der Waals surface area (Å²) in [7, 11) is 0. The standard InChI is InChI=1S/C19H16Cl2N4O/c1-12-2-5-16(21)8-17(12)25-19-23-10-14(11-24-19)18(26)22-9-13-3-6-15(20)7-4-13/h2-8,10-11H,9H2,1H3,(H,22,26)(H,23,24,25). The molecule has 2 aromatic carbocycles. The minimum atomic E-state index is -0.245. The van der Waals surface area contributed by atoms with E-state index < -0.39 is 0 Å². The molecule has 1 amide bonds. The van der Waals surface area contributed by atoms with Crippen LogP contribution in [0.5, 0.6) is 0 Å². The third-order valence-corrected chi connectivity index (χ3v) is 4.21. The van der Waals surface area contributed by atoms with Gasteiger partial charge >= 0.3 is 0 Å². The van der Waals surface area contributed by atoms with Gasteiger partial charge in [0.15, 0.2) is 0 Å². The van der Waals surface area contributed by atoms with E-state index in [1.54, 1.807) is 18.2 Å². The van der Waals surface area contributed by atoms with Crippen molar-refractivity contribution in [3.8, 4) is 0 Å². The van der Waals surface area contributed by atoms with Crippen LogP contribution in [0.4, 0.5) is 11.6 Å². The van der Waals surface area contributed by atoms with Crippen molar-refractivity contribution in [3.05, 3.63) is 81.6 Å². The first-order valence-corrected chi connectivity index (χ1v) is 8.65.